The number of ether oxygens (including phenoxy) is 1. The van der Waals surface area contributed by atoms with E-state index in [1.165, 1.54) is 0 Å². The average Bonchev–Trinajstić information content (AvgIpc) is 2.73. The molecule has 156 valence electrons. The number of rotatable bonds is 9. The molecule has 2 aromatic carbocycles. The predicted molar refractivity (Wildman–Crippen MR) is 119 cm³/mol. The lowest BCUT2D eigenvalue weighted by molar-refractivity contribution is 0.0963. The molecule has 29 heavy (non-hydrogen) atoms. The minimum atomic E-state index is -0.0691. The summed E-state index contributed by atoms with van der Waals surface area (Å²) in [5, 5.41) is 9.26. The number of hydrogen-bond donors (Lipinski definition) is 3. The van der Waals surface area contributed by atoms with E-state index >= 15 is 0 Å². The Balaban J connectivity index is 1.68. The van der Waals surface area contributed by atoms with E-state index in [1.807, 2.05) is 30.3 Å². The Morgan fingerprint density at radius 3 is 2.41 bits per heavy atom. The van der Waals surface area contributed by atoms with Gasteiger partial charge in [-0.1, -0.05) is 30.3 Å². The van der Waals surface area contributed by atoms with E-state index in [0.717, 1.165) is 54.3 Å². The first-order valence-corrected chi connectivity index (χ1v) is 9.99. The minimum absolute atomic E-state index is 0.0691. The van der Waals surface area contributed by atoms with Gasteiger partial charge in [-0.25, -0.2) is 0 Å². The molecule has 6 nitrogen and oxygen atoms in total. The summed E-state index contributed by atoms with van der Waals surface area (Å²) in [6.07, 6.45) is 1.68. The van der Waals surface area contributed by atoms with E-state index in [2.05, 4.69) is 46.9 Å². The van der Waals surface area contributed by atoms with E-state index in [4.69, 9.17) is 4.74 Å². The molecule has 0 aliphatic heterocycles. The molecule has 0 saturated heterocycles. The van der Waals surface area contributed by atoms with Crippen LogP contribution in [0.1, 0.15) is 33.5 Å². The van der Waals surface area contributed by atoms with Crippen LogP contribution in [0.4, 0.5) is 0 Å². The molecule has 0 bridgehead atoms. The number of carbonyl (C=O) groups is 1. The molecule has 0 unspecified atom stereocenters. The van der Waals surface area contributed by atoms with Crippen LogP contribution in [-0.4, -0.2) is 45.7 Å². The summed E-state index contributed by atoms with van der Waals surface area (Å²) < 4.78 is 5.93. The molecular weight excluding hydrogens is 364 g/mol. The summed E-state index contributed by atoms with van der Waals surface area (Å²) in [5.74, 6) is 1.67. The highest BCUT2D eigenvalue weighted by Crippen LogP contribution is 2.22. The van der Waals surface area contributed by atoms with Crippen molar-refractivity contribution in [3.8, 4) is 5.75 Å². The van der Waals surface area contributed by atoms with Crippen LogP contribution in [0, 0.1) is 13.8 Å². The molecule has 0 aliphatic carbocycles. The fourth-order valence-electron chi connectivity index (χ4n) is 3.04. The molecule has 0 spiro atoms. The maximum Gasteiger partial charge on any atom is 0.251 e. The van der Waals surface area contributed by atoms with Crippen LogP contribution in [0.25, 0.3) is 0 Å². The zero-order valence-electron chi connectivity index (χ0n) is 17.8. The van der Waals surface area contributed by atoms with Crippen LogP contribution in [-0.2, 0) is 6.42 Å². The molecule has 2 aromatic rings. The van der Waals surface area contributed by atoms with Crippen molar-refractivity contribution in [1.82, 2.24) is 16.0 Å². The SMILES string of the molecule is CN=C(NCCCOc1c(C)cccc1C)NCCc1cccc(C(=O)NC)c1. The van der Waals surface area contributed by atoms with Crippen molar-refractivity contribution in [3.05, 3.63) is 64.7 Å². The van der Waals surface area contributed by atoms with Crippen molar-refractivity contribution in [2.45, 2.75) is 26.7 Å². The van der Waals surface area contributed by atoms with Crippen molar-refractivity contribution in [2.75, 3.05) is 33.8 Å². The van der Waals surface area contributed by atoms with Gasteiger partial charge in [0.05, 0.1) is 6.61 Å². The van der Waals surface area contributed by atoms with Crippen molar-refractivity contribution < 1.29 is 9.53 Å². The van der Waals surface area contributed by atoms with Gasteiger partial charge < -0.3 is 20.7 Å². The van der Waals surface area contributed by atoms with Crippen molar-refractivity contribution in [2.24, 2.45) is 4.99 Å². The van der Waals surface area contributed by atoms with Gasteiger partial charge in [0.2, 0.25) is 0 Å². The van der Waals surface area contributed by atoms with E-state index < -0.39 is 0 Å². The van der Waals surface area contributed by atoms with Gasteiger partial charge in [0.25, 0.3) is 5.91 Å². The number of guanidine groups is 1. The zero-order chi connectivity index (χ0) is 21.1. The second-order valence-electron chi connectivity index (χ2n) is 6.88. The topological polar surface area (TPSA) is 74.8 Å². The fraction of sp³-hybridized carbons (Fsp3) is 0.391. The first-order valence-electron chi connectivity index (χ1n) is 9.99. The number of aryl methyl sites for hydroxylation is 2. The number of amides is 1. The average molecular weight is 397 g/mol. The Bertz CT molecular complexity index is 813. The third-order valence-corrected chi connectivity index (χ3v) is 4.61. The van der Waals surface area contributed by atoms with Crippen LogP contribution in [0.2, 0.25) is 0 Å². The van der Waals surface area contributed by atoms with Crippen molar-refractivity contribution in [3.63, 3.8) is 0 Å². The normalized spacial score (nSPS) is 11.1. The first kappa shape index (κ1) is 22.3. The van der Waals surface area contributed by atoms with E-state index in [-0.39, 0.29) is 5.91 Å². The van der Waals surface area contributed by atoms with Crippen LogP contribution < -0.4 is 20.7 Å². The number of benzene rings is 2. The van der Waals surface area contributed by atoms with Gasteiger partial charge in [0.15, 0.2) is 5.96 Å². The van der Waals surface area contributed by atoms with Crippen LogP contribution >= 0.6 is 0 Å². The quantitative estimate of drug-likeness (QED) is 0.346. The Morgan fingerprint density at radius 2 is 1.72 bits per heavy atom. The molecule has 0 atom stereocenters. The van der Waals surface area contributed by atoms with Gasteiger partial charge in [-0.3, -0.25) is 9.79 Å². The Kier molecular flexibility index (Phi) is 9.02. The standard InChI is InChI=1S/C23H32N4O2/c1-17-8-5-9-18(2)21(17)29-15-7-13-26-23(25-4)27-14-12-19-10-6-11-20(16-19)22(28)24-3/h5-6,8-11,16H,7,12-15H2,1-4H3,(H,24,28)(H2,25,26,27). The van der Waals surface area contributed by atoms with Gasteiger partial charge in [-0.15, -0.1) is 0 Å². The van der Waals surface area contributed by atoms with Crippen LogP contribution in [0.3, 0.4) is 0 Å². The summed E-state index contributed by atoms with van der Waals surface area (Å²) in [6.45, 7) is 6.29. The highest BCUT2D eigenvalue weighted by Gasteiger charge is 2.05. The Hall–Kier alpha value is -3.02. The lowest BCUT2D eigenvalue weighted by Gasteiger charge is -2.14. The largest absolute Gasteiger partial charge is 0.493 e. The van der Waals surface area contributed by atoms with Crippen molar-refractivity contribution in [1.29, 1.82) is 0 Å². The number of nitrogens with zero attached hydrogens (tertiary/aromatic N) is 1. The van der Waals surface area contributed by atoms with Gasteiger partial charge in [0.1, 0.15) is 5.75 Å². The van der Waals surface area contributed by atoms with Gasteiger partial charge >= 0.3 is 0 Å². The third kappa shape index (κ3) is 7.14. The Morgan fingerprint density at radius 1 is 1.03 bits per heavy atom. The maximum atomic E-state index is 11.7. The lowest BCUT2D eigenvalue weighted by Crippen LogP contribution is -2.39. The van der Waals surface area contributed by atoms with Crippen molar-refractivity contribution >= 4 is 11.9 Å². The number of aliphatic imine (C=N–C) groups is 1. The molecule has 1 amide bonds. The fourth-order valence-corrected chi connectivity index (χ4v) is 3.04. The van der Waals surface area contributed by atoms with Gasteiger partial charge in [0, 0.05) is 32.7 Å². The van der Waals surface area contributed by atoms with E-state index in [1.54, 1.807) is 14.1 Å². The van der Waals surface area contributed by atoms with Crippen LogP contribution in [0.5, 0.6) is 5.75 Å². The second-order valence-corrected chi connectivity index (χ2v) is 6.88. The summed E-state index contributed by atoms with van der Waals surface area (Å²) in [5.41, 5.74) is 4.11. The monoisotopic (exact) mass is 396 g/mol. The first-order chi connectivity index (χ1) is 14.0. The molecule has 0 aliphatic rings. The van der Waals surface area contributed by atoms with Crippen LogP contribution in [0.15, 0.2) is 47.5 Å². The lowest BCUT2D eigenvalue weighted by atomic mass is 10.1. The highest BCUT2D eigenvalue weighted by molar-refractivity contribution is 5.94. The van der Waals surface area contributed by atoms with E-state index in [9.17, 15) is 4.79 Å². The summed E-state index contributed by atoms with van der Waals surface area (Å²) in [4.78, 5) is 16.0. The number of hydrogen-bond acceptors (Lipinski definition) is 3. The summed E-state index contributed by atoms with van der Waals surface area (Å²) in [6, 6.07) is 13.8. The number of carbonyl (C=O) groups excluding carboxylic acids is 1. The molecule has 6 heteroatoms. The summed E-state index contributed by atoms with van der Waals surface area (Å²) in [7, 11) is 3.40. The molecule has 3 N–H and O–H groups in total. The zero-order valence-corrected chi connectivity index (χ0v) is 17.8. The molecule has 0 radical (unpaired) electrons. The van der Waals surface area contributed by atoms with E-state index in [0.29, 0.717) is 12.2 Å². The smallest absolute Gasteiger partial charge is 0.251 e. The maximum absolute atomic E-state index is 11.7. The number of nitrogens with one attached hydrogen (secondary N) is 3. The molecule has 0 saturated carbocycles. The van der Waals surface area contributed by atoms with Gasteiger partial charge in [-0.05, 0) is 55.5 Å². The van der Waals surface area contributed by atoms with Gasteiger partial charge in [-0.2, -0.15) is 0 Å². The molecule has 0 fully saturated rings. The highest BCUT2D eigenvalue weighted by atomic mass is 16.5. The molecular formula is C23H32N4O2. The second kappa shape index (κ2) is 11.7. The molecule has 0 aromatic heterocycles. The third-order valence-electron chi connectivity index (χ3n) is 4.61. The Labute approximate surface area is 173 Å². The molecule has 0 heterocycles. The molecule has 2 rings (SSSR count). The minimum Gasteiger partial charge on any atom is -0.493 e. The summed E-state index contributed by atoms with van der Waals surface area (Å²) >= 11 is 0. The number of para-hydroxylation sites is 1. The predicted octanol–water partition coefficient (Wildman–Crippen LogP) is 2.84.